The standard InChI is InChI=1S/C19H23N3O4/c1-13-17(14(2)26-21-13)18(23)22-8-6-19(12-22)9-16(11-25-19)24-10-15-5-3-4-7-20-15/h3-5,7,16H,6,8-12H2,1-2H3/t16-,19+/m1/s1. The predicted octanol–water partition coefficient (Wildman–Crippen LogP) is 2.28. The zero-order chi connectivity index (χ0) is 18.1. The molecular weight excluding hydrogens is 334 g/mol. The molecule has 7 nitrogen and oxygen atoms in total. The van der Waals surface area contributed by atoms with Crippen LogP contribution in [0, 0.1) is 13.8 Å². The number of pyridine rings is 1. The van der Waals surface area contributed by atoms with Gasteiger partial charge in [0, 0.05) is 19.2 Å². The summed E-state index contributed by atoms with van der Waals surface area (Å²) in [5.74, 6) is 0.539. The highest BCUT2D eigenvalue weighted by Gasteiger charge is 2.47. The molecule has 2 atom stereocenters. The molecule has 2 aliphatic heterocycles. The molecule has 4 heterocycles. The first-order valence-corrected chi connectivity index (χ1v) is 8.94. The van der Waals surface area contributed by atoms with E-state index in [9.17, 15) is 4.79 Å². The summed E-state index contributed by atoms with van der Waals surface area (Å²) in [6, 6.07) is 5.79. The molecular formula is C19H23N3O4. The molecule has 1 amide bonds. The molecule has 0 radical (unpaired) electrons. The van der Waals surface area contributed by atoms with Gasteiger partial charge in [0.05, 0.1) is 42.9 Å². The molecule has 2 aromatic rings. The van der Waals surface area contributed by atoms with E-state index in [-0.39, 0.29) is 17.6 Å². The summed E-state index contributed by atoms with van der Waals surface area (Å²) in [6.45, 7) is 5.86. The van der Waals surface area contributed by atoms with Crippen LogP contribution >= 0.6 is 0 Å². The van der Waals surface area contributed by atoms with Crippen LogP contribution in [0.25, 0.3) is 0 Å². The number of rotatable bonds is 4. The summed E-state index contributed by atoms with van der Waals surface area (Å²) in [5, 5.41) is 3.88. The van der Waals surface area contributed by atoms with E-state index in [4.69, 9.17) is 14.0 Å². The first-order valence-electron chi connectivity index (χ1n) is 8.94. The third-order valence-corrected chi connectivity index (χ3v) is 5.22. The van der Waals surface area contributed by atoms with Crippen LogP contribution in [0.4, 0.5) is 0 Å². The Labute approximate surface area is 152 Å². The molecule has 1 spiro atoms. The summed E-state index contributed by atoms with van der Waals surface area (Å²) in [4.78, 5) is 18.9. The van der Waals surface area contributed by atoms with Crippen LogP contribution in [0.15, 0.2) is 28.9 Å². The third-order valence-electron chi connectivity index (χ3n) is 5.22. The monoisotopic (exact) mass is 357 g/mol. The quantitative estimate of drug-likeness (QED) is 0.835. The van der Waals surface area contributed by atoms with E-state index in [1.54, 1.807) is 20.0 Å². The highest BCUT2D eigenvalue weighted by Crippen LogP contribution is 2.37. The fourth-order valence-corrected chi connectivity index (χ4v) is 3.85. The van der Waals surface area contributed by atoms with Gasteiger partial charge in [-0.15, -0.1) is 0 Å². The number of hydrogen-bond acceptors (Lipinski definition) is 6. The van der Waals surface area contributed by atoms with Crippen LogP contribution in [0.3, 0.4) is 0 Å². The number of likely N-dealkylation sites (tertiary alicyclic amines) is 1. The largest absolute Gasteiger partial charge is 0.370 e. The van der Waals surface area contributed by atoms with Crippen molar-refractivity contribution >= 4 is 5.91 Å². The molecule has 138 valence electrons. The van der Waals surface area contributed by atoms with Gasteiger partial charge in [-0.1, -0.05) is 11.2 Å². The Hall–Kier alpha value is -2.25. The molecule has 0 bridgehead atoms. The van der Waals surface area contributed by atoms with Crippen molar-refractivity contribution in [3.05, 3.63) is 47.1 Å². The van der Waals surface area contributed by atoms with Gasteiger partial charge >= 0.3 is 0 Å². The molecule has 0 aromatic carbocycles. The Kier molecular flexibility index (Phi) is 4.50. The van der Waals surface area contributed by atoms with Crippen LogP contribution in [0.2, 0.25) is 0 Å². The van der Waals surface area contributed by atoms with E-state index >= 15 is 0 Å². The Balaban J connectivity index is 1.35. The lowest BCUT2D eigenvalue weighted by atomic mass is 9.98. The van der Waals surface area contributed by atoms with Gasteiger partial charge in [0.1, 0.15) is 11.3 Å². The third kappa shape index (κ3) is 3.24. The maximum absolute atomic E-state index is 12.8. The second-order valence-electron chi connectivity index (χ2n) is 7.13. The van der Waals surface area contributed by atoms with E-state index in [1.807, 2.05) is 23.1 Å². The average molecular weight is 357 g/mol. The number of nitrogens with zero attached hydrogens (tertiary/aromatic N) is 3. The lowest BCUT2D eigenvalue weighted by molar-refractivity contribution is -0.000116. The smallest absolute Gasteiger partial charge is 0.259 e. The minimum absolute atomic E-state index is 0.0282. The molecule has 0 unspecified atom stereocenters. The van der Waals surface area contributed by atoms with Crippen LogP contribution in [-0.2, 0) is 16.1 Å². The number of aryl methyl sites for hydroxylation is 2. The van der Waals surface area contributed by atoms with E-state index in [0.29, 0.717) is 43.3 Å². The normalized spacial score (nSPS) is 25.3. The lowest BCUT2D eigenvalue weighted by Crippen LogP contribution is -2.36. The Bertz CT molecular complexity index is 772. The fourth-order valence-electron chi connectivity index (χ4n) is 3.85. The maximum atomic E-state index is 12.8. The van der Waals surface area contributed by atoms with Crippen molar-refractivity contribution in [3.63, 3.8) is 0 Å². The van der Waals surface area contributed by atoms with Gasteiger partial charge in [0.25, 0.3) is 5.91 Å². The van der Waals surface area contributed by atoms with Crippen molar-refractivity contribution in [1.29, 1.82) is 0 Å². The second-order valence-corrected chi connectivity index (χ2v) is 7.13. The molecule has 2 aromatic heterocycles. The Morgan fingerprint density at radius 2 is 2.31 bits per heavy atom. The number of aromatic nitrogens is 2. The second kappa shape index (κ2) is 6.81. The minimum atomic E-state index is -0.302. The van der Waals surface area contributed by atoms with Crippen LogP contribution < -0.4 is 0 Å². The van der Waals surface area contributed by atoms with Gasteiger partial charge in [-0.2, -0.15) is 0 Å². The predicted molar refractivity (Wildman–Crippen MR) is 92.6 cm³/mol. The Morgan fingerprint density at radius 1 is 1.42 bits per heavy atom. The van der Waals surface area contributed by atoms with Crippen molar-refractivity contribution in [1.82, 2.24) is 15.0 Å². The van der Waals surface area contributed by atoms with Gasteiger partial charge in [-0.25, -0.2) is 0 Å². The van der Waals surface area contributed by atoms with Gasteiger partial charge in [0.15, 0.2) is 0 Å². The lowest BCUT2D eigenvalue weighted by Gasteiger charge is -2.23. The molecule has 2 aliphatic rings. The summed E-state index contributed by atoms with van der Waals surface area (Å²) in [6.07, 6.45) is 3.42. The molecule has 0 N–H and O–H groups in total. The van der Waals surface area contributed by atoms with Crippen molar-refractivity contribution in [2.24, 2.45) is 0 Å². The van der Waals surface area contributed by atoms with Crippen LogP contribution in [0.5, 0.6) is 0 Å². The number of carbonyl (C=O) groups excluding carboxylic acids is 1. The summed E-state index contributed by atoms with van der Waals surface area (Å²) in [5.41, 5.74) is 1.82. The van der Waals surface area contributed by atoms with Gasteiger partial charge in [-0.3, -0.25) is 9.78 Å². The van der Waals surface area contributed by atoms with E-state index in [0.717, 1.165) is 18.5 Å². The van der Waals surface area contributed by atoms with Crippen LogP contribution in [0.1, 0.15) is 40.3 Å². The molecule has 0 aliphatic carbocycles. The highest BCUT2D eigenvalue weighted by molar-refractivity contribution is 5.96. The Morgan fingerprint density at radius 3 is 3.04 bits per heavy atom. The molecule has 0 saturated carbocycles. The summed E-state index contributed by atoms with van der Waals surface area (Å²) in [7, 11) is 0. The minimum Gasteiger partial charge on any atom is -0.370 e. The van der Waals surface area contributed by atoms with E-state index in [2.05, 4.69) is 10.1 Å². The number of ether oxygens (including phenoxy) is 2. The van der Waals surface area contributed by atoms with Gasteiger partial charge < -0.3 is 18.9 Å². The molecule has 26 heavy (non-hydrogen) atoms. The van der Waals surface area contributed by atoms with Crippen molar-refractivity contribution in [2.75, 3.05) is 19.7 Å². The van der Waals surface area contributed by atoms with Gasteiger partial charge in [0.2, 0.25) is 0 Å². The van der Waals surface area contributed by atoms with E-state index in [1.165, 1.54) is 0 Å². The van der Waals surface area contributed by atoms with Crippen LogP contribution in [-0.4, -0.2) is 52.3 Å². The zero-order valence-electron chi connectivity index (χ0n) is 15.1. The van der Waals surface area contributed by atoms with Gasteiger partial charge in [-0.05, 0) is 32.4 Å². The maximum Gasteiger partial charge on any atom is 0.259 e. The number of amides is 1. The SMILES string of the molecule is Cc1noc(C)c1C(=O)N1CC[C@]2(C[C@@H](OCc3ccccn3)CO2)C1. The van der Waals surface area contributed by atoms with E-state index < -0.39 is 0 Å². The zero-order valence-corrected chi connectivity index (χ0v) is 15.1. The highest BCUT2D eigenvalue weighted by atomic mass is 16.6. The molecule has 2 fully saturated rings. The topological polar surface area (TPSA) is 77.7 Å². The fraction of sp³-hybridized carbons (Fsp3) is 0.526. The van der Waals surface area contributed by atoms with Crippen molar-refractivity contribution < 1.29 is 18.8 Å². The van der Waals surface area contributed by atoms with Crippen molar-refractivity contribution in [2.45, 2.75) is 45.0 Å². The number of carbonyl (C=O) groups is 1. The first kappa shape index (κ1) is 17.2. The summed E-state index contributed by atoms with van der Waals surface area (Å²) < 4.78 is 17.2. The first-order chi connectivity index (χ1) is 12.6. The molecule has 7 heteroatoms. The number of hydrogen-bond donors (Lipinski definition) is 0. The molecule has 2 saturated heterocycles. The summed E-state index contributed by atoms with van der Waals surface area (Å²) >= 11 is 0. The molecule has 4 rings (SSSR count). The average Bonchev–Trinajstić information content (AvgIpc) is 3.34. The van der Waals surface area contributed by atoms with Crippen molar-refractivity contribution in [3.8, 4) is 0 Å².